The molecule has 2 fully saturated rings. The Bertz CT molecular complexity index is 1510. The fraction of sp³-hybridized carbons (Fsp3) is 0.500. The smallest absolute Gasteiger partial charge is 0.338 e. The van der Waals surface area contributed by atoms with Gasteiger partial charge in [-0.25, -0.2) is 18.6 Å². The second-order valence-electron chi connectivity index (χ2n) is 12.2. The summed E-state index contributed by atoms with van der Waals surface area (Å²) in [6, 6.07) is 2.50. The number of aromatic hydroxyl groups is 1. The van der Waals surface area contributed by atoms with Crippen LogP contribution in [-0.4, -0.2) is 95.1 Å². The van der Waals surface area contributed by atoms with E-state index in [9.17, 15) is 14.7 Å². The van der Waals surface area contributed by atoms with Crippen molar-refractivity contribution in [1.82, 2.24) is 20.1 Å². The number of hydrogen-bond acceptors (Lipinski definition) is 11. The molecule has 0 spiro atoms. The quantitative estimate of drug-likeness (QED) is 0.274. The van der Waals surface area contributed by atoms with Crippen LogP contribution in [0.4, 0.5) is 8.78 Å². The van der Waals surface area contributed by atoms with Crippen molar-refractivity contribution in [3.05, 3.63) is 69.8 Å². The maximum Gasteiger partial charge on any atom is 0.338 e. The molecule has 45 heavy (non-hydrogen) atoms. The molecule has 1 aromatic heterocycles. The van der Waals surface area contributed by atoms with Gasteiger partial charge < -0.3 is 19.9 Å². The summed E-state index contributed by atoms with van der Waals surface area (Å²) >= 11 is 1.35. The Morgan fingerprint density at radius 1 is 1.29 bits per heavy atom. The summed E-state index contributed by atoms with van der Waals surface area (Å²) in [5.74, 6) is -3.72. The van der Waals surface area contributed by atoms with Crippen molar-refractivity contribution in [2.75, 3.05) is 39.4 Å². The van der Waals surface area contributed by atoms with E-state index < -0.39 is 47.9 Å². The Morgan fingerprint density at radius 2 is 2.07 bits per heavy atom. The van der Waals surface area contributed by atoms with E-state index in [2.05, 4.69) is 16.9 Å². The summed E-state index contributed by atoms with van der Waals surface area (Å²) < 4.78 is 42.4. The second kappa shape index (κ2) is 13.0. The van der Waals surface area contributed by atoms with Gasteiger partial charge in [-0.05, 0) is 51.3 Å². The standard InChI is InChI=1S/C32H39F2N5O5S/c1-6-14-44-30(42)31(4,5)17-38-13-11-22-26(38)32(33,34)18-39(22)16-21-24(29(41)43-7-2)25(20-9-8-10-23(40)19(20)3)37-27(36-21)28-35-12-15-45-28/h6,8-10,12,15,22,25-26,40H,1,7,11,13-14,16-18H2,2-5H3,(H,36,37)/t22-,25?,26+/m0/s1. The van der Waals surface area contributed by atoms with Crippen LogP contribution in [-0.2, 0) is 19.1 Å². The number of benzene rings is 1. The van der Waals surface area contributed by atoms with Crippen molar-refractivity contribution in [2.45, 2.75) is 58.2 Å². The zero-order valence-electron chi connectivity index (χ0n) is 25.9. The summed E-state index contributed by atoms with van der Waals surface area (Å²) in [5.41, 5.74) is 0.718. The highest BCUT2D eigenvalue weighted by molar-refractivity contribution is 7.11. The normalized spacial score (nSPS) is 23.3. The number of carbonyl (C=O) groups is 2. The number of nitrogens with zero attached hydrogens (tertiary/aromatic N) is 4. The number of phenolic OH excluding ortho intramolecular Hbond substituents is 1. The molecule has 4 heterocycles. The predicted molar refractivity (Wildman–Crippen MR) is 166 cm³/mol. The summed E-state index contributed by atoms with van der Waals surface area (Å²) in [6.45, 7) is 10.5. The van der Waals surface area contributed by atoms with Crippen molar-refractivity contribution in [1.29, 1.82) is 0 Å². The zero-order valence-corrected chi connectivity index (χ0v) is 26.7. The molecule has 0 aliphatic carbocycles. The molecule has 0 bridgehead atoms. The number of halogens is 2. The fourth-order valence-electron chi connectivity index (χ4n) is 6.49. The van der Waals surface area contributed by atoms with Gasteiger partial charge in [-0.2, -0.15) is 0 Å². The highest BCUT2D eigenvalue weighted by Gasteiger charge is 2.60. The van der Waals surface area contributed by atoms with Gasteiger partial charge >= 0.3 is 11.9 Å². The molecule has 0 saturated carbocycles. The van der Waals surface area contributed by atoms with E-state index in [1.807, 2.05) is 0 Å². The minimum atomic E-state index is -3.07. The van der Waals surface area contributed by atoms with Crippen molar-refractivity contribution >= 4 is 29.1 Å². The lowest BCUT2D eigenvalue weighted by Crippen LogP contribution is -2.50. The molecule has 10 nitrogen and oxygen atoms in total. The monoisotopic (exact) mass is 643 g/mol. The molecular weight excluding hydrogens is 604 g/mol. The largest absolute Gasteiger partial charge is 0.508 e. The number of ether oxygens (including phenoxy) is 2. The van der Waals surface area contributed by atoms with Gasteiger partial charge in [-0.15, -0.1) is 11.3 Å². The molecule has 0 amide bonds. The van der Waals surface area contributed by atoms with Crippen LogP contribution in [0.3, 0.4) is 0 Å². The minimum absolute atomic E-state index is 0.00225. The van der Waals surface area contributed by atoms with Crippen LogP contribution in [0.1, 0.15) is 49.4 Å². The Morgan fingerprint density at radius 3 is 2.76 bits per heavy atom. The molecule has 242 valence electrons. The van der Waals surface area contributed by atoms with Crippen molar-refractivity contribution < 1.29 is 33.0 Å². The fourth-order valence-corrected chi connectivity index (χ4v) is 7.08. The van der Waals surface area contributed by atoms with E-state index in [4.69, 9.17) is 14.5 Å². The number of aliphatic imine (C=N–C) groups is 1. The molecule has 1 unspecified atom stereocenters. The van der Waals surface area contributed by atoms with Crippen LogP contribution in [0.25, 0.3) is 0 Å². The van der Waals surface area contributed by atoms with Gasteiger partial charge in [0.1, 0.15) is 18.4 Å². The first-order valence-electron chi connectivity index (χ1n) is 14.9. The van der Waals surface area contributed by atoms with E-state index >= 15 is 8.78 Å². The molecule has 1 aromatic carbocycles. The Labute approximate surface area is 265 Å². The van der Waals surface area contributed by atoms with E-state index in [1.165, 1.54) is 17.4 Å². The number of likely N-dealkylation sites (tertiary alicyclic amines) is 2. The number of thiazole rings is 1. The number of rotatable bonds is 11. The van der Waals surface area contributed by atoms with Gasteiger partial charge in [0.25, 0.3) is 5.92 Å². The van der Waals surface area contributed by atoms with Crippen LogP contribution >= 0.6 is 11.3 Å². The lowest BCUT2D eigenvalue weighted by molar-refractivity contribution is -0.155. The molecule has 0 radical (unpaired) electrons. The highest BCUT2D eigenvalue weighted by atomic mass is 32.1. The van der Waals surface area contributed by atoms with Gasteiger partial charge in [-0.3, -0.25) is 19.6 Å². The molecule has 2 aromatic rings. The van der Waals surface area contributed by atoms with Gasteiger partial charge in [-0.1, -0.05) is 24.8 Å². The number of nitrogens with one attached hydrogen (secondary N) is 1. The average Bonchev–Trinajstić information content (AvgIpc) is 3.72. The number of aromatic nitrogens is 1. The molecule has 2 saturated heterocycles. The second-order valence-corrected chi connectivity index (χ2v) is 13.0. The van der Waals surface area contributed by atoms with Gasteiger partial charge in [0.15, 0.2) is 10.8 Å². The number of carbonyl (C=O) groups excluding carboxylic acids is 2. The lowest BCUT2D eigenvalue weighted by Gasteiger charge is -2.34. The third kappa shape index (κ3) is 6.52. The summed E-state index contributed by atoms with van der Waals surface area (Å²) in [7, 11) is 0. The van der Waals surface area contributed by atoms with Crippen LogP contribution in [0.5, 0.6) is 5.75 Å². The topological polar surface area (TPSA) is 117 Å². The number of amidine groups is 1. The number of esters is 2. The van der Waals surface area contributed by atoms with Crippen LogP contribution in [0.15, 0.2) is 58.7 Å². The van der Waals surface area contributed by atoms with Gasteiger partial charge in [0.05, 0.1) is 30.2 Å². The van der Waals surface area contributed by atoms with Gasteiger partial charge in [0.2, 0.25) is 0 Å². The SMILES string of the molecule is C=CCOC(=O)C(C)(C)CN1CC[C@H]2[C@@H]1C(F)(F)CN2CC1=C(C(=O)OCC)C(c2cccc(O)c2C)N=C(c2nccs2)N1. The average molecular weight is 644 g/mol. The number of fused-ring (bicyclic) bond motifs is 1. The van der Waals surface area contributed by atoms with E-state index in [0.717, 1.165) is 0 Å². The van der Waals surface area contributed by atoms with E-state index in [1.54, 1.807) is 67.3 Å². The zero-order chi connectivity index (χ0) is 32.5. The number of alkyl halides is 2. The van der Waals surface area contributed by atoms with Crippen LogP contribution in [0.2, 0.25) is 0 Å². The van der Waals surface area contributed by atoms with Gasteiger partial charge in [0, 0.05) is 43.0 Å². The van der Waals surface area contributed by atoms with Crippen molar-refractivity contribution in [3.63, 3.8) is 0 Å². The number of phenols is 1. The first-order chi connectivity index (χ1) is 21.4. The molecule has 3 aliphatic heterocycles. The highest BCUT2D eigenvalue weighted by Crippen LogP contribution is 2.44. The minimum Gasteiger partial charge on any atom is -0.508 e. The Kier molecular flexibility index (Phi) is 9.43. The van der Waals surface area contributed by atoms with E-state index in [0.29, 0.717) is 40.6 Å². The van der Waals surface area contributed by atoms with E-state index in [-0.39, 0.29) is 37.6 Å². The molecule has 3 aliphatic rings. The Hall–Kier alpha value is -3.68. The first kappa shape index (κ1) is 32.7. The molecule has 13 heteroatoms. The first-order valence-corrected chi connectivity index (χ1v) is 15.8. The number of hydrogen-bond donors (Lipinski definition) is 2. The summed E-state index contributed by atoms with van der Waals surface area (Å²) in [6.07, 6.45) is 3.57. The van der Waals surface area contributed by atoms with Crippen molar-refractivity contribution in [3.8, 4) is 5.75 Å². The third-order valence-electron chi connectivity index (χ3n) is 8.53. The third-order valence-corrected chi connectivity index (χ3v) is 9.31. The molecule has 2 N–H and O–H groups in total. The molecule has 5 rings (SSSR count). The molecule has 3 atom stereocenters. The van der Waals surface area contributed by atoms with Crippen molar-refractivity contribution in [2.24, 2.45) is 10.4 Å². The lowest BCUT2D eigenvalue weighted by atomic mass is 9.91. The predicted octanol–water partition coefficient (Wildman–Crippen LogP) is 4.21. The Balaban J connectivity index is 1.50. The maximum atomic E-state index is 15.8. The van der Waals surface area contributed by atoms with Crippen LogP contribution in [0, 0.1) is 12.3 Å². The molecular formula is C32H39F2N5O5S. The maximum absolute atomic E-state index is 15.8. The summed E-state index contributed by atoms with van der Waals surface area (Å²) in [4.78, 5) is 38.9. The van der Waals surface area contributed by atoms with Crippen LogP contribution < -0.4 is 5.32 Å². The summed E-state index contributed by atoms with van der Waals surface area (Å²) in [5, 5.41) is 16.1.